The van der Waals surface area contributed by atoms with Crippen molar-refractivity contribution in [3.8, 4) is 0 Å². The lowest BCUT2D eigenvalue weighted by Gasteiger charge is -2.19. The van der Waals surface area contributed by atoms with Crippen LogP contribution >= 0.6 is 0 Å². The van der Waals surface area contributed by atoms with Crippen LogP contribution in [0.25, 0.3) is 0 Å². The molecule has 0 aliphatic rings. The first kappa shape index (κ1) is 16.2. The number of hydrogen-bond acceptors (Lipinski definition) is 3. The van der Waals surface area contributed by atoms with Crippen LogP contribution in [0.3, 0.4) is 0 Å². The van der Waals surface area contributed by atoms with E-state index in [1.54, 1.807) is 6.07 Å². The van der Waals surface area contributed by atoms with Gasteiger partial charge in [-0.15, -0.1) is 0 Å². The van der Waals surface area contributed by atoms with Gasteiger partial charge in [-0.1, -0.05) is 33.8 Å². The van der Waals surface area contributed by atoms with E-state index in [9.17, 15) is 9.59 Å². The summed E-state index contributed by atoms with van der Waals surface area (Å²) < 4.78 is 0. The van der Waals surface area contributed by atoms with Gasteiger partial charge in [0.1, 0.15) is 0 Å². The summed E-state index contributed by atoms with van der Waals surface area (Å²) >= 11 is 0. The lowest BCUT2D eigenvalue weighted by Crippen LogP contribution is -2.27. The second-order valence-electron chi connectivity index (χ2n) is 5.68. The topological polar surface area (TPSA) is 84.2 Å². The number of aryl methyl sites for hydroxylation is 1. The molecule has 0 saturated heterocycles. The van der Waals surface area contributed by atoms with Crippen LogP contribution in [0.4, 0.5) is 11.4 Å². The van der Waals surface area contributed by atoms with Crippen LogP contribution < -0.4 is 16.4 Å². The molecule has 110 valence electrons. The highest BCUT2D eigenvalue weighted by Gasteiger charge is 2.21. The van der Waals surface area contributed by atoms with E-state index in [1.165, 1.54) is 0 Å². The molecular weight excluding hydrogens is 254 g/mol. The van der Waals surface area contributed by atoms with Crippen molar-refractivity contribution >= 4 is 23.2 Å². The van der Waals surface area contributed by atoms with Gasteiger partial charge < -0.3 is 16.4 Å². The van der Waals surface area contributed by atoms with Gasteiger partial charge in [0.05, 0.1) is 6.54 Å². The molecule has 5 nitrogen and oxygen atoms in total. The minimum Gasteiger partial charge on any atom is -0.326 e. The third-order valence-corrected chi connectivity index (χ3v) is 2.89. The molecule has 1 rings (SSSR count). The summed E-state index contributed by atoms with van der Waals surface area (Å²) in [5.74, 6) is -0.322. The second-order valence-corrected chi connectivity index (χ2v) is 5.68. The predicted octanol–water partition coefficient (Wildman–Crippen LogP) is 2.13. The molecule has 0 fully saturated rings. The Morgan fingerprint density at radius 2 is 1.85 bits per heavy atom. The number of nitrogens with one attached hydrogen (secondary N) is 2. The number of carbonyl (C=O) groups is 2. The molecule has 0 bridgehead atoms. The van der Waals surface area contributed by atoms with Gasteiger partial charge in [-0.2, -0.15) is 0 Å². The highest BCUT2D eigenvalue weighted by molar-refractivity contribution is 5.97. The summed E-state index contributed by atoms with van der Waals surface area (Å²) in [5.41, 5.74) is 7.19. The Labute approximate surface area is 119 Å². The van der Waals surface area contributed by atoms with Gasteiger partial charge in [0.15, 0.2) is 0 Å². The standard InChI is InChI=1S/C15H23N3O2/c1-5-10-6-7-11(17-14(20)15(2,3)4)8-12(10)18-13(19)9-16/h6-8H,5,9,16H2,1-4H3,(H,17,20)(H,18,19). The number of carbonyl (C=O) groups excluding carboxylic acids is 2. The summed E-state index contributed by atoms with van der Waals surface area (Å²) in [5, 5.41) is 5.59. The maximum Gasteiger partial charge on any atom is 0.238 e. The maximum atomic E-state index is 12.0. The van der Waals surface area contributed by atoms with E-state index in [-0.39, 0.29) is 18.4 Å². The predicted molar refractivity (Wildman–Crippen MR) is 81.6 cm³/mol. The van der Waals surface area contributed by atoms with Gasteiger partial charge in [-0.3, -0.25) is 9.59 Å². The van der Waals surface area contributed by atoms with Crippen LogP contribution in [0.2, 0.25) is 0 Å². The number of rotatable bonds is 4. The molecule has 0 spiro atoms. The van der Waals surface area contributed by atoms with Crippen LogP contribution in [0, 0.1) is 5.41 Å². The number of benzene rings is 1. The summed E-state index contributed by atoms with van der Waals surface area (Å²) in [6.45, 7) is 7.47. The van der Waals surface area contributed by atoms with Crippen molar-refractivity contribution in [2.75, 3.05) is 17.2 Å². The summed E-state index contributed by atoms with van der Waals surface area (Å²) in [4.78, 5) is 23.4. The van der Waals surface area contributed by atoms with Gasteiger partial charge in [-0.25, -0.2) is 0 Å². The van der Waals surface area contributed by atoms with Gasteiger partial charge >= 0.3 is 0 Å². The molecule has 0 atom stereocenters. The molecule has 5 heteroatoms. The first-order valence-electron chi connectivity index (χ1n) is 6.72. The first-order chi connectivity index (χ1) is 9.27. The van der Waals surface area contributed by atoms with E-state index in [0.29, 0.717) is 11.4 Å². The Morgan fingerprint density at radius 1 is 1.20 bits per heavy atom. The average Bonchev–Trinajstić information content (AvgIpc) is 2.37. The first-order valence-corrected chi connectivity index (χ1v) is 6.72. The molecule has 0 heterocycles. The summed E-state index contributed by atoms with van der Waals surface area (Å²) in [6, 6.07) is 5.49. The lowest BCUT2D eigenvalue weighted by molar-refractivity contribution is -0.123. The molecule has 1 aromatic rings. The van der Waals surface area contributed by atoms with Crippen LogP contribution in [0.1, 0.15) is 33.3 Å². The van der Waals surface area contributed by atoms with Gasteiger partial charge in [-0.05, 0) is 24.1 Å². The molecule has 1 aromatic carbocycles. The Hall–Kier alpha value is -1.88. The van der Waals surface area contributed by atoms with Crippen molar-refractivity contribution in [3.63, 3.8) is 0 Å². The minimum atomic E-state index is -0.468. The number of hydrogen-bond donors (Lipinski definition) is 3. The van der Waals surface area contributed by atoms with E-state index < -0.39 is 5.41 Å². The Bertz CT molecular complexity index is 504. The van der Waals surface area contributed by atoms with Crippen LogP contribution in [-0.4, -0.2) is 18.4 Å². The zero-order chi connectivity index (χ0) is 15.3. The smallest absolute Gasteiger partial charge is 0.238 e. The largest absolute Gasteiger partial charge is 0.326 e. The molecule has 0 radical (unpaired) electrons. The Balaban J connectivity index is 2.98. The van der Waals surface area contributed by atoms with Crippen molar-refractivity contribution in [1.82, 2.24) is 0 Å². The summed E-state index contributed by atoms with van der Waals surface area (Å²) in [6.07, 6.45) is 0.785. The fourth-order valence-corrected chi connectivity index (χ4v) is 1.60. The minimum absolute atomic E-state index is 0.0677. The van der Waals surface area contributed by atoms with E-state index in [1.807, 2.05) is 39.8 Å². The highest BCUT2D eigenvalue weighted by Crippen LogP contribution is 2.23. The normalized spacial score (nSPS) is 11.1. The molecule has 20 heavy (non-hydrogen) atoms. The monoisotopic (exact) mass is 277 g/mol. The van der Waals surface area contributed by atoms with E-state index in [4.69, 9.17) is 5.73 Å². The zero-order valence-electron chi connectivity index (χ0n) is 12.5. The molecule has 0 saturated carbocycles. The fraction of sp³-hybridized carbons (Fsp3) is 0.467. The van der Waals surface area contributed by atoms with Crippen molar-refractivity contribution in [2.24, 2.45) is 11.1 Å². The number of nitrogens with two attached hydrogens (primary N) is 1. The second kappa shape index (κ2) is 6.52. The third kappa shape index (κ3) is 4.35. The van der Waals surface area contributed by atoms with E-state index >= 15 is 0 Å². The van der Waals surface area contributed by atoms with E-state index in [2.05, 4.69) is 10.6 Å². The van der Waals surface area contributed by atoms with Gasteiger partial charge in [0, 0.05) is 16.8 Å². The van der Waals surface area contributed by atoms with Crippen molar-refractivity contribution in [3.05, 3.63) is 23.8 Å². The fourth-order valence-electron chi connectivity index (χ4n) is 1.60. The molecule has 0 aromatic heterocycles. The Kier molecular flexibility index (Phi) is 5.27. The van der Waals surface area contributed by atoms with Gasteiger partial charge in [0.25, 0.3) is 0 Å². The average molecular weight is 277 g/mol. The molecule has 0 aliphatic carbocycles. The zero-order valence-corrected chi connectivity index (χ0v) is 12.5. The molecule has 0 aliphatic heterocycles. The van der Waals surface area contributed by atoms with Crippen molar-refractivity contribution < 1.29 is 9.59 Å². The van der Waals surface area contributed by atoms with Crippen LogP contribution in [-0.2, 0) is 16.0 Å². The SMILES string of the molecule is CCc1ccc(NC(=O)C(C)(C)C)cc1NC(=O)CN. The molecule has 4 N–H and O–H groups in total. The third-order valence-electron chi connectivity index (χ3n) is 2.89. The van der Waals surface area contributed by atoms with Crippen molar-refractivity contribution in [1.29, 1.82) is 0 Å². The summed E-state index contributed by atoms with van der Waals surface area (Å²) in [7, 11) is 0. The quantitative estimate of drug-likeness (QED) is 0.788. The number of amides is 2. The molecule has 0 unspecified atom stereocenters. The van der Waals surface area contributed by atoms with E-state index in [0.717, 1.165) is 12.0 Å². The lowest BCUT2D eigenvalue weighted by atomic mass is 9.95. The van der Waals surface area contributed by atoms with Gasteiger partial charge in [0.2, 0.25) is 11.8 Å². The Morgan fingerprint density at radius 3 is 2.35 bits per heavy atom. The molecular formula is C15H23N3O2. The van der Waals surface area contributed by atoms with Crippen molar-refractivity contribution in [2.45, 2.75) is 34.1 Å². The highest BCUT2D eigenvalue weighted by atomic mass is 16.2. The molecule has 2 amide bonds. The van der Waals surface area contributed by atoms with Crippen LogP contribution in [0.15, 0.2) is 18.2 Å². The van der Waals surface area contributed by atoms with Crippen LogP contribution in [0.5, 0.6) is 0 Å². The number of anilines is 2. The maximum absolute atomic E-state index is 12.0.